The summed E-state index contributed by atoms with van der Waals surface area (Å²) in [5.74, 6) is 1.07. The molecular formula is C61H37NO2. The van der Waals surface area contributed by atoms with Gasteiger partial charge < -0.3 is 13.4 Å². The van der Waals surface area contributed by atoms with E-state index in [4.69, 9.17) is 8.83 Å². The number of hydrogen-bond donors (Lipinski definition) is 0. The molecule has 0 saturated heterocycles. The van der Waals surface area contributed by atoms with E-state index in [9.17, 15) is 0 Å². The monoisotopic (exact) mass is 815 g/mol. The van der Waals surface area contributed by atoms with Crippen LogP contribution < -0.4 is 0 Å². The number of hydrogen-bond acceptors (Lipinski definition) is 2. The molecule has 9 aromatic carbocycles. The largest absolute Gasteiger partial charge is 0.460 e. The first-order valence-corrected chi connectivity index (χ1v) is 22.4. The second kappa shape index (κ2) is 12.5. The molecule has 1 spiro atoms. The molecule has 3 nitrogen and oxygen atoms in total. The van der Waals surface area contributed by atoms with Gasteiger partial charge in [0, 0.05) is 44.6 Å². The number of rotatable bonds is 3. The Morgan fingerprint density at radius 3 is 1.67 bits per heavy atom. The lowest BCUT2D eigenvalue weighted by molar-refractivity contribution is 0.548. The third-order valence-corrected chi connectivity index (χ3v) is 14.7. The summed E-state index contributed by atoms with van der Waals surface area (Å²) in [5.41, 5.74) is 22.6. The van der Waals surface area contributed by atoms with Crippen LogP contribution in [0.1, 0.15) is 45.6 Å². The van der Waals surface area contributed by atoms with E-state index in [0.717, 1.165) is 51.8 Å². The molecule has 3 heterocycles. The summed E-state index contributed by atoms with van der Waals surface area (Å²) < 4.78 is 15.3. The summed E-state index contributed by atoms with van der Waals surface area (Å²) in [6, 6.07) is 71.8. The van der Waals surface area contributed by atoms with Crippen LogP contribution in [0.3, 0.4) is 0 Å². The highest BCUT2D eigenvalue weighted by Crippen LogP contribution is 2.63. The van der Waals surface area contributed by atoms with Gasteiger partial charge in [-0.2, -0.15) is 0 Å². The summed E-state index contributed by atoms with van der Waals surface area (Å²) >= 11 is 0. The lowest BCUT2D eigenvalue weighted by Crippen LogP contribution is -2.26. The molecule has 3 aliphatic rings. The number of allylic oxidation sites excluding steroid dienone is 1. The third-order valence-electron chi connectivity index (χ3n) is 14.7. The van der Waals surface area contributed by atoms with Gasteiger partial charge in [0.15, 0.2) is 0 Å². The fourth-order valence-corrected chi connectivity index (χ4v) is 12.2. The van der Waals surface area contributed by atoms with Crippen molar-refractivity contribution in [2.75, 3.05) is 0 Å². The van der Waals surface area contributed by atoms with E-state index in [1.54, 1.807) is 0 Å². The highest BCUT2D eigenvalue weighted by Gasteiger charge is 2.51. The van der Waals surface area contributed by atoms with Crippen LogP contribution >= 0.6 is 0 Å². The van der Waals surface area contributed by atoms with Gasteiger partial charge >= 0.3 is 0 Å². The van der Waals surface area contributed by atoms with Crippen molar-refractivity contribution in [3.05, 3.63) is 233 Å². The third kappa shape index (κ3) is 4.36. The average molecular weight is 816 g/mol. The Morgan fingerprint density at radius 1 is 0.391 bits per heavy atom. The van der Waals surface area contributed by atoms with Gasteiger partial charge in [0.25, 0.3) is 0 Å². The number of aromatic nitrogens is 1. The van der Waals surface area contributed by atoms with Crippen molar-refractivity contribution in [1.82, 2.24) is 4.57 Å². The maximum Gasteiger partial charge on any atom is 0.135 e. The van der Waals surface area contributed by atoms with E-state index in [1.165, 1.54) is 99.5 Å². The number of nitrogens with zero attached hydrogens (tertiary/aromatic N) is 1. The van der Waals surface area contributed by atoms with Crippen LogP contribution in [0.2, 0.25) is 0 Å². The smallest absolute Gasteiger partial charge is 0.135 e. The SMILES string of the molecule is C1=C(c2cccc3c2c2c(-c4ccc5oc6ccccc6c5c4)cccc2n3-c2ccc3c(c2)C2(c4ccccc4-c4ccccc42)c2ccccc2-3)CCc2oc3ccccc3c21. The van der Waals surface area contributed by atoms with E-state index in [2.05, 4.69) is 199 Å². The standard InChI is InChI=1S/C61H37NO2/c1-6-20-49-41(13-1)42-14-2-7-21-50(42)61(49)51-22-8-3-15-43(51)44-30-29-38(35-52(44)61)62-53-23-11-18-39(36-27-31-57-47(33-36)45-16-4-9-25-55(45)63-57)59(53)60-40(19-12-24-54(60)62)37-28-32-58-48(34-37)46-17-5-10-26-56(46)64-58/h1-27,29-31,33-35H,28,32H2. The fraction of sp³-hybridized carbons (Fsp3) is 0.0492. The van der Waals surface area contributed by atoms with Crippen molar-refractivity contribution in [1.29, 1.82) is 0 Å². The van der Waals surface area contributed by atoms with Crippen LogP contribution in [0.4, 0.5) is 0 Å². The number of aryl methyl sites for hydroxylation is 1. The molecule has 298 valence electrons. The molecule has 0 radical (unpaired) electrons. The Hall–Kier alpha value is -8.14. The van der Waals surface area contributed by atoms with Gasteiger partial charge in [0.05, 0.1) is 16.4 Å². The molecule has 0 bridgehead atoms. The Balaban J connectivity index is 1.03. The zero-order valence-corrected chi connectivity index (χ0v) is 34.7. The summed E-state index contributed by atoms with van der Waals surface area (Å²) in [4.78, 5) is 0. The topological polar surface area (TPSA) is 31.2 Å². The quantitative estimate of drug-likeness (QED) is 0.178. The predicted octanol–water partition coefficient (Wildman–Crippen LogP) is 15.9. The molecule has 0 aliphatic heterocycles. The lowest BCUT2D eigenvalue weighted by Gasteiger charge is -2.30. The average Bonchev–Trinajstić information content (AvgIpc) is 4.15. The first kappa shape index (κ1) is 34.4. The van der Waals surface area contributed by atoms with Crippen LogP contribution in [-0.2, 0) is 11.8 Å². The van der Waals surface area contributed by atoms with Gasteiger partial charge in [-0.15, -0.1) is 0 Å². The van der Waals surface area contributed by atoms with Gasteiger partial charge in [-0.1, -0.05) is 146 Å². The molecule has 0 N–H and O–H groups in total. The number of fused-ring (bicyclic) bond motifs is 19. The molecule has 3 heteroatoms. The van der Waals surface area contributed by atoms with Crippen molar-refractivity contribution in [2.24, 2.45) is 0 Å². The summed E-state index contributed by atoms with van der Waals surface area (Å²) in [6.45, 7) is 0. The van der Waals surface area contributed by atoms with Crippen LogP contribution in [0, 0.1) is 0 Å². The van der Waals surface area contributed by atoms with Gasteiger partial charge in [-0.25, -0.2) is 0 Å². The van der Waals surface area contributed by atoms with Crippen molar-refractivity contribution in [3.8, 4) is 39.1 Å². The number of para-hydroxylation sites is 2. The zero-order valence-electron chi connectivity index (χ0n) is 34.7. The molecule has 64 heavy (non-hydrogen) atoms. The van der Waals surface area contributed by atoms with Crippen molar-refractivity contribution in [3.63, 3.8) is 0 Å². The second-order valence-corrected chi connectivity index (χ2v) is 17.8. The molecular weight excluding hydrogens is 779 g/mol. The molecule has 0 amide bonds. The fourth-order valence-electron chi connectivity index (χ4n) is 12.2. The highest BCUT2D eigenvalue weighted by molar-refractivity contribution is 6.21. The zero-order chi connectivity index (χ0) is 41.7. The first-order valence-electron chi connectivity index (χ1n) is 22.4. The molecule has 12 aromatic rings. The van der Waals surface area contributed by atoms with Crippen LogP contribution in [0.5, 0.6) is 0 Å². The first-order chi connectivity index (χ1) is 31.7. The lowest BCUT2D eigenvalue weighted by atomic mass is 9.70. The summed E-state index contributed by atoms with van der Waals surface area (Å²) in [7, 11) is 0. The number of furan rings is 2. The van der Waals surface area contributed by atoms with Gasteiger partial charge in [-0.05, 0) is 128 Å². The predicted molar refractivity (Wildman–Crippen MR) is 262 cm³/mol. The van der Waals surface area contributed by atoms with Gasteiger partial charge in [-0.3, -0.25) is 0 Å². The van der Waals surface area contributed by atoms with Gasteiger partial charge in [0.2, 0.25) is 0 Å². The van der Waals surface area contributed by atoms with Gasteiger partial charge in [0.1, 0.15) is 22.5 Å². The minimum atomic E-state index is -0.440. The van der Waals surface area contributed by atoms with Crippen molar-refractivity contribution in [2.45, 2.75) is 18.3 Å². The Labute approximate surface area is 368 Å². The summed E-state index contributed by atoms with van der Waals surface area (Å²) in [5, 5.41) is 5.95. The van der Waals surface area contributed by atoms with Crippen LogP contribution in [0.25, 0.3) is 105 Å². The maximum atomic E-state index is 6.42. The van der Waals surface area contributed by atoms with E-state index in [-0.39, 0.29) is 0 Å². The Morgan fingerprint density at radius 2 is 0.953 bits per heavy atom. The van der Waals surface area contributed by atoms with E-state index in [0.29, 0.717) is 0 Å². The molecule has 0 saturated carbocycles. The molecule has 3 aromatic heterocycles. The normalized spacial score (nSPS) is 14.3. The molecule has 0 fully saturated rings. The Bertz CT molecular complexity index is 3970. The number of benzene rings is 9. The minimum absolute atomic E-state index is 0.440. The summed E-state index contributed by atoms with van der Waals surface area (Å²) in [6.07, 6.45) is 4.16. The van der Waals surface area contributed by atoms with E-state index < -0.39 is 5.41 Å². The van der Waals surface area contributed by atoms with Crippen LogP contribution in [0.15, 0.2) is 203 Å². The minimum Gasteiger partial charge on any atom is -0.460 e. The van der Waals surface area contributed by atoms with Crippen LogP contribution in [-0.4, -0.2) is 4.57 Å². The second-order valence-electron chi connectivity index (χ2n) is 17.8. The molecule has 15 rings (SSSR count). The van der Waals surface area contributed by atoms with E-state index in [1.807, 2.05) is 6.07 Å². The molecule has 0 atom stereocenters. The highest BCUT2D eigenvalue weighted by atomic mass is 16.3. The molecule has 3 aliphatic carbocycles. The van der Waals surface area contributed by atoms with Crippen molar-refractivity contribution < 1.29 is 8.83 Å². The molecule has 0 unspecified atom stereocenters. The van der Waals surface area contributed by atoms with Crippen molar-refractivity contribution >= 4 is 66.4 Å². The Kier molecular flexibility index (Phi) is 6.72. The van der Waals surface area contributed by atoms with E-state index >= 15 is 0 Å². The maximum absolute atomic E-state index is 6.42.